The van der Waals surface area contributed by atoms with E-state index >= 15 is 0 Å². The predicted octanol–water partition coefficient (Wildman–Crippen LogP) is 2.79. The highest BCUT2D eigenvalue weighted by Crippen LogP contribution is 2.10. The van der Waals surface area contributed by atoms with Gasteiger partial charge in [-0.15, -0.1) is 0 Å². The Morgan fingerprint density at radius 2 is 1.76 bits per heavy atom. The van der Waals surface area contributed by atoms with Crippen LogP contribution < -0.4 is 10.6 Å². The zero-order chi connectivity index (χ0) is 20.3. The molecule has 0 aliphatic heterocycles. The summed E-state index contributed by atoms with van der Waals surface area (Å²) in [5.41, 5.74) is 3.46. The lowest BCUT2D eigenvalue weighted by molar-refractivity contribution is 0.107. The van der Waals surface area contributed by atoms with E-state index in [2.05, 4.69) is 56.0 Å². The molecular weight excluding hydrogens is 364 g/mol. The lowest BCUT2D eigenvalue weighted by Gasteiger charge is -2.11. The Bertz CT molecular complexity index is 906. The molecule has 0 fully saturated rings. The molecule has 3 aromatic rings. The maximum absolute atomic E-state index is 5.84. The number of nitrogens with zero attached hydrogens (tertiary/aromatic N) is 4. The number of guanidine groups is 1. The Kier molecular flexibility index (Phi) is 7.77. The lowest BCUT2D eigenvalue weighted by atomic mass is 10.1. The summed E-state index contributed by atoms with van der Waals surface area (Å²) in [5, 5.41) is 10.6. The molecule has 0 radical (unpaired) electrons. The Morgan fingerprint density at radius 3 is 2.52 bits per heavy atom. The minimum Gasteiger partial charge on any atom is -0.372 e. The highest BCUT2D eigenvalue weighted by atomic mass is 16.5. The fraction of sp³-hybridized carbons (Fsp3) is 0.318. The maximum Gasteiger partial charge on any atom is 0.191 e. The van der Waals surface area contributed by atoms with Crippen LogP contribution in [0.25, 0.3) is 0 Å². The minimum atomic E-state index is 0.565. The fourth-order valence-electron chi connectivity index (χ4n) is 2.83. The van der Waals surface area contributed by atoms with Crippen LogP contribution in [0.15, 0.2) is 65.9 Å². The average Bonchev–Trinajstić information content (AvgIpc) is 3.16. The third-order valence-corrected chi connectivity index (χ3v) is 4.35. The van der Waals surface area contributed by atoms with E-state index in [1.54, 1.807) is 11.0 Å². The third kappa shape index (κ3) is 6.73. The van der Waals surface area contributed by atoms with Gasteiger partial charge in [0.05, 0.1) is 26.3 Å². The van der Waals surface area contributed by atoms with Crippen molar-refractivity contribution >= 4 is 5.96 Å². The van der Waals surface area contributed by atoms with E-state index < -0.39 is 0 Å². The predicted molar refractivity (Wildman–Crippen MR) is 114 cm³/mol. The second-order valence-corrected chi connectivity index (χ2v) is 6.65. The second-order valence-electron chi connectivity index (χ2n) is 6.65. The number of aromatic nitrogens is 3. The van der Waals surface area contributed by atoms with Crippen molar-refractivity contribution in [3.05, 3.63) is 83.4 Å². The van der Waals surface area contributed by atoms with Gasteiger partial charge in [-0.3, -0.25) is 4.68 Å². The summed E-state index contributed by atoms with van der Waals surface area (Å²) in [6.45, 7) is 5.18. The first-order valence-electron chi connectivity index (χ1n) is 9.79. The minimum absolute atomic E-state index is 0.565. The Balaban J connectivity index is 1.53. The van der Waals surface area contributed by atoms with E-state index in [-0.39, 0.29) is 0 Å². The number of ether oxygens (including phenoxy) is 1. The quantitative estimate of drug-likeness (QED) is 0.433. The van der Waals surface area contributed by atoms with Gasteiger partial charge in [-0.1, -0.05) is 54.6 Å². The molecule has 0 aliphatic rings. The zero-order valence-corrected chi connectivity index (χ0v) is 17.0. The van der Waals surface area contributed by atoms with Gasteiger partial charge in [0.25, 0.3) is 0 Å². The smallest absolute Gasteiger partial charge is 0.191 e. The third-order valence-electron chi connectivity index (χ3n) is 4.35. The van der Waals surface area contributed by atoms with Crippen molar-refractivity contribution in [2.45, 2.75) is 33.2 Å². The molecule has 0 unspecified atom stereocenters. The van der Waals surface area contributed by atoms with Gasteiger partial charge in [-0.2, -0.15) is 5.10 Å². The van der Waals surface area contributed by atoms with Crippen LogP contribution in [-0.2, 0) is 38.1 Å². The molecule has 0 saturated carbocycles. The van der Waals surface area contributed by atoms with Gasteiger partial charge in [0, 0.05) is 13.6 Å². The molecule has 0 saturated heterocycles. The van der Waals surface area contributed by atoms with Crippen LogP contribution in [0.4, 0.5) is 0 Å². The molecule has 1 aromatic heterocycles. The number of hydrogen-bond acceptors (Lipinski definition) is 4. The normalized spacial score (nSPS) is 11.4. The molecule has 0 atom stereocenters. The summed E-state index contributed by atoms with van der Waals surface area (Å²) in [7, 11) is 1.87. The Labute approximate surface area is 171 Å². The first-order valence-corrected chi connectivity index (χ1v) is 9.79. The summed E-state index contributed by atoms with van der Waals surface area (Å²) in [6, 6.07) is 18.5. The molecule has 2 N–H and O–H groups in total. The van der Waals surface area contributed by atoms with Gasteiger partial charge < -0.3 is 15.4 Å². The summed E-state index contributed by atoms with van der Waals surface area (Å²) in [6.07, 6.45) is 1.55. The average molecular weight is 393 g/mol. The van der Waals surface area contributed by atoms with E-state index in [9.17, 15) is 0 Å². The van der Waals surface area contributed by atoms with E-state index in [0.29, 0.717) is 26.3 Å². The van der Waals surface area contributed by atoms with Crippen molar-refractivity contribution < 1.29 is 4.74 Å². The molecule has 0 bridgehead atoms. The summed E-state index contributed by atoms with van der Waals surface area (Å²) < 4.78 is 7.59. The van der Waals surface area contributed by atoms with Gasteiger partial charge >= 0.3 is 0 Å². The molecule has 0 spiro atoms. The lowest BCUT2D eigenvalue weighted by Crippen LogP contribution is -2.37. The Morgan fingerprint density at radius 1 is 1.00 bits per heavy atom. The number of benzene rings is 2. The van der Waals surface area contributed by atoms with Gasteiger partial charge in [-0.05, 0) is 23.6 Å². The number of aryl methyl sites for hydroxylation is 1. The largest absolute Gasteiger partial charge is 0.372 e. The number of nitrogens with one attached hydrogen (secondary N) is 2. The molecule has 2 aromatic carbocycles. The van der Waals surface area contributed by atoms with Crippen molar-refractivity contribution in [1.29, 1.82) is 0 Å². The van der Waals surface area contributed by atoms with Crippen LogP contribution in [0, 0.1) is 0 Å². The topological polar surface area (TPSA) is 76.4 Å². The molecule has 29 heavy (non-hydrogen) atoms. The van der Waals surface area contributed by atoms with E-state index in [1.807, 2.05) is 38.2 Å². The molecule has 1 heterocycles. The summed E-state index contributed by atoms with van der Waals surface area (Å²) in [4.78, 5) is 8.90. The van der Waals surface area contributed by atoms with Crippen molar-refractivity contribution in [2.75, 3.05) is 6.54 Å². The van der Waals surface area contributed by atoms with Crippen LogP contribution in [0.2, 0.25) is 0 Å². The van der Waals surface area contributed by atoms with Crippen molar-refractivity contribution in [1.82, 2.24) is 25.4 Å². The first kappa shape index (κ1) is 20.5. The number of rotatable bonds is 9. The SMILES string of the molecule is CCNC(=NCc1cccc(COCc2ccccc2)c1)NCc1ncnn1C. The monoisotopic (exact) mass is 392 g/mol. The van der Waals surface area contributed by atoms with Crippen LogP contribution >= 0.6 is 0 Å². The Hall–Kier alpha value is -3.19. The van der Waals surface area contributed by atoms with Crippen LogP contribution in [0.5, 0.6) is 0 Å². The van der Waals surface area contributed by atoms with Crippen LogP contribution in [0.3, 0.4) is 0 Å². The molecule has 0 aliphatic carbocycles. The van der Waals surface area contributed by atoms with Gasteiger partial charge in [0.15, 0.2) is 5.96 Å². The molecule has 3 rings (SSSR count). The van der Waals surface area contributed by atoms with Crippen molar-refractivity contribution in [2.24, 2.45) is 12.0 Å². The highest BCUT2D eigenvalue weighted by molar-refractivity contribution is 5.79. The van der Waals surface area contributed by atoms with Gasteiger partial charge in [0.2, 0.25) is 0 Å². The number of hydrogen-bond donors (Lipinski definition) is 2. The van der Waals surface area contributed by atoms with Gasteiger partial charge in [-0.25, -0.2) is 9.98 Å². The molecule has 0 amide bonds. The summed E-state index contributed by atoms with van der Waals surface area (Å²) >= 11 is 0. The van der Waals surface area contributed by atoms with E-state index in [0.717, 1.165) is 29.5 Å². The first-order chi connectivity index (χ1) is 14.2. The van der Waals surface area contributed by atoms with Crippen LogP contribution in [-0.4, -0.2) is 27.3 Å². The molecule has 7 nitrogen and oxygen atoms in total. The van der Waals surface area contributed by atoms with E-state index in [4.69, 9.17) is 4.74 Å². The zero-order valence-electron chi connectivity index (χ0n) is 17.0. The maximum atomic E-state index is 5.84. The van der Waals surface area contributed by atoms with Gasteiger partial charge in [0.1, 0.15) is 12.2 Å². The fourth-order valence-corrected chi connectivity index (χ4v) is 2.83. The number of aliphatic imine (C=N–C) groups is 1. The molecule has 152 valence electrons. The van der Waals surface area contributed by atoms with Crippen LogP contribution in [0.1, 0.15) is 29.4 Å². The highest BCUT2D eigenvalue weighted by Gasteiger charge is 2.03. The van der Waals surface area contributed by atoms with Crippen molar-refractivity contribution in [3.8, 4) is 0 Å². The molecule has 7 heteroatoms. The molecular formula is C22H28N6O. The van der Waals surface area contributed by atoms with E-state index in [1.165, 1.54) is 5.56 Å². The summed E-state index contributed by atoms with van der Waals surface area (Å²) in [5.74, 6) is 1.61. The standard InChI is InChI=1S/C22H28N6O/c1-3-23-22(25-14-21-26-17-27-28(21)2)24-13-19-10-7-11-20(12-19)16-29-15-18-8-5-4-6-9-18/h4-12,17H,3,13-16H2,1-2H3,(H2,23,24,25). The second kappa shape index (κ2) is 11.0. The van der Waals surface area contributed by atoms with Crippen molar-refractivity contribution in [3.63, 3.8) is 0 Å².